The minimum atomic E-state index is -0.331. The van der Waals surface area contributed by atoms with Crippen LogP contribution in [0, 0.1) is 11.3 Å². The summed E-state index contributed by atoms with van der Waals surface area (Å²) in [4.78, 5) is 15.9. The summed E-state index contributed by atoms with van der Waals surface area (Å²) in [5, 5.41) is 11.5. The zero-order valence-electron chi connectivity index (χ0n) is 10.8. The number of methoxy groups -OCH3 is 1. The predicted octanol–water partition coefficient (Wildman–Crippen LogP) is 1.80. The van der Waals surface area contributed by atoms with E-state index in [1.807, 2.05) is 6.07 Å². The van der Waals surface area contributed by atoms with E-state index in [0.717, 1.165) is 0 Å². The largest absolute Gasteiger partial charge is 0.495 e. The number of pyridine rings is 1. The number of anilines is 2. The lowest BCUT2D eigenvalue weighted by atomic mass is 10.2. The summed E-state index contributed by atoms with van der Waals surface area (Å²) < 4.78 is 5.15. The number of nitriles is 1. The second kappa shape index (κ2) is 5.71. The van der Waals surface area contributed by atoms with Gasteiger partial charge in [0, 0.05) is 17.8 Å². The highest BCUT2D eigenvalue weighted by molar-refractivity contribution is 6.05. The zero-order chi connectivity index (χ0) is 14.5. The number of carbonyl (C=O) groups is 1. The van der Waals surface area contributed by atoms with Gasteiger partial charge in [0.15, 0.2) is 0 Å². The molecule has 20 heavy (non-hydrogen) atoms. The van der Waals surface area contributed by atoms with Crippen molar-refractivity contribution in [2.45, 2.75) is 0 Å². The van der Waals surface area contributed by atoms with Crippen LogP contribution >= 0.6 is 0 Å². The van der Waals surface area contributed by atoms with Crippen LogP contribution in [0.3, 0.4) is 0 Å². The molecule has 0 aliphatic rings. The number of hydrogen-bond acceptors (Lipinski definition) is 5. The van der Waals surface area contributed by atoms with Gasteiger partial charge in [-0.3, -0.25) is 4.79 Å². The minimum Gasteiger partial charge on any atom is -0.495 e. The van der Waals surface area contributed by atoms with E-state index in [4.69, 9.17) is 15.7 Å². The maximum absolute atomic E-state index is 12.1. The van der Waals surface area contributed by atoms with Crippen molar-refractivity contribution in [1.82, 2.24) is 4.98 Å². The molecule has 1 aromatic heterocycles. The van der Waals surface area contributed by atoms with Gasteiger partial charge in [0.1, 0.15) is 11.6 Å². The molecular formula is C14H12N4O2. The van der Waals surface area contributed by atoms with E-state index < -0.39 is 0 Å². The van der Waals surface area contributed by atoms with E-state index >= 15 is 0 Å². The van der Waals surface area contributed by atoms with Gasteiger partial charge in [0.05, 0.1) is 24.4 Å². The van der Waals surface area contributed by atoms with Gasteiger partial charge < -0.3 is 15.8 Å². The van der Waals surface area contributed by atoms with Crippen molar-refractivity contribution in [3.8, 4) is 11.8 Å². The van der Waals surface area contributed by atoms with Gasteiger partial charge in [-0.25, -0.2) is 4.98 Å². The van der Waals surface area contributed by atoms with Crippen LogP contribution in [0.25, 0.3) is 0 Å². The normalized spacial score (nSPS) is 9.60. The molecule has 100 valence electrons. The molecule has 6 nitrogen and oxygen atoms in total. The van der Waals surface area contributed by atoms with E-state index in [2.05, 4.69) is 10.3 Å². The van der Waals surface area contributed by atoms with E-state index in [1.165, 1.54) is 19.4 Å². The standard InChI is InChI=1S/C14H12N4O2/c1-20-12-6-9(8-15)2-3-11(12)18-14(19)10-4-5-17-13(16)7-10/h2-7H,1H3,(H2,16,17)(H,18,19). The van der Waals surface area contributed by atoms with Crippen LogP contribution in [0.15, 0.2) is 36.5 Å². The summed E-state index contributed by atoms with van der Waals surface area (Å²) in [5.74, 6) is 0.353. The molecule has 0 spiro atoms. The fourth-order valence-electron chi connectivity index (χ4n) is 1.65. The van der Waals surface area contributed by atoms with Crippen molar-refractivity contribution in [1.29, 1.82) is 5.26 Å². The van der Waals surface area contributed by atoms with Crippen LogP contribution < -0.4 is 15.8 Å². The number of nitrogens with zero attached hydrogens (tertiary/aromatic N) is 2. The molecule has 0 radical (unpaired) electrons. The van der Waals surface area contributed by atoms with Crippen LogP contribution in [-0.4, -0.2) is 18.0 Å². The molecule has 0 bridgehead atoms. The highest BCUT2D eigenvalue weighted by Gasteiger charge is 2.10. The Kier molecular flexibility index (Phi) is 3.82. The lowest BCUT2D eigenvalue weighted by Crippen LogP contribution is -2.13. The Hall–Kier alpha value is -3.07. The Morgan fingerprint density at radius 2 is 2.20 bits per heavy atom. The van der Waals surface area contributed by atoms with E-state index in [9.17, 15) is 4.79 Å². The maximum Gasteiger partial charge on any atom is 0.255 e. The van der Waals surface area contributed by atoms with Crippen molar-refractivity contribution >= 4 is 17.4 Å². The van der Waals surface area contributed by atoms with E-state index in [1.54, 1.807) is 24.3 Å². The number of benzene rings is 1. The number of ether oxygens (including phenoxy) is 1. The Labute approximate surface area is 115 Å². The summed E-state index contributed by atoms with van der Waals surface area (Å²) in [7, 11) is 1.47. The number of carbonyl (C=O) groups excluding carboxylic acids is 1. The molecule has 0 unspecified atom stereocenters. The molecule has 0 aliphatic heterocycles. The third-order valence-electron chi connectivity index (χ3n) is 2.62. The molecule has 0 saturated heterocycles. The highest BCUT2D eigenvalue weighted by Crippen LogP contribution is 2.25. The number of aromatic nitrogens is 1. The Bertz CT molecular complexity index is 692. The summed E-state index contributed by atoms with van der Waals surface area (Å²) in [6.07, 6.45) is 1.46. The number of nitrogens with two attached hydrogens (primary N) is 1. The lowest BCUT2D eigenvalue weighted by molar-refractivity contribution is 0.102. The zero-order valence-corrected chi connectivity index (χ0v) is 10.8. The second-order valence-corrected chi connectivity index (χ2v) is 3.95. The van der Waals surface area contributed by atoms with Gasteiger partial charge in [-0.2, -0.15) is 5.26 Å². The van der Waals surface area contributed by atoms with Crippen LogP contribution in [0.2, 0.25) is 0 Å². The van der Waals surface area contributed by atoms with Gasteiger partial charge in [0.25, 0.3) is 5.91 Å². The molecule has 1 aromatic carbocycles. The molecule has 0 aliphatic carbocycles. The SMILES string of the molecule is COc1cc(C#N)ccc1NC(=O)c1ccnc(N)c1. The molecule has 2 aromatic rings. The molecule has 0 fully saturated rings. The van der Waals surface area contributed by atoms with Gasteiger partial charge in [-0.05, 0) is 24.3 Å². The van der Waals surface area contributed by atoms with Gasteiger partial charge in [0.2, 0.25) is 0 Å². The van der Waals surface area contributed by atoms with Crippen LogP contribution in [0.4, 0.5) is 11.5 Å². The van der Waals surface area contributed by atoms with Crippen molar-refractivity contribution in [3.05, 3.63) is 47.7 Å². The first-order valence-corrected chi connectivity index (χ1v) is 5.75. The summed E-state index contributed by atoms with van der Waals surface area (Å²) in [5.41, 5.74) is 6.85. The molecule has 1 heterocycles. The third-order valence-corrected chi connectivity index (χ3v) is 2.62. The van der Waals surface area contributed by atoms with Crippen molar-refractivity contribution in [2.75, 3.05) is 18.2 Å². The summed E-state index contributed by atoms with van der Waals surface area (Å²) >= 11 is 0. The minimum absolute atomic E-state index is 0.268. The van der Waals surface area contributed by atoms with Gasteiger partial charge >= 0.3 is 0 Å². The smallest absolute Gasteiger partial charge is 0.255 e. The van der Waals surface area contributed by atoms with Crippen LogP contribution in [0.1, 0.15) is 15.9 Å². The van der Waals surface area contributed by atoms with Gasteiger partial charge in [-0.1, -0.05) is 0 Å². The van der Waals surface area contributed by atoms with E-state index in [-0.39, 0.29) is 11.7 Å². The first-order valence-electron chi connectivity index (χ1n) is 5.75. The summed E-state index contributed by atoms with van der Waals surface area (Å²) in [6, 6.07) is 9.80. The molecule has 3 N–H and O–H groups in total. The van der Waals surface area contributed by atoms with E-state index in [0.29, 0.717) is 22.6 Å². The fourth-order valence-corrected chi connectivity index (χ4v) is 1.65. The molecule has 6 heteroatoms. The number of amides is 1. The predicted molar refractivity (Wildman–Crippen MR) is 74.3 cm³/mol. The highest BCUT2D eigenvalue weighted by atomic mass is 16.5. The van der Waals surface area contributed by atoms with Crippen molar-refractivity contribution in [3.63, 3.8) is 0 Å². The summed E-state index contributed by atoms with van der Waals surface area (Å²) in [6.45, 7) is 0. The Balaban J connectivity index is 2.26. The number of nitrogen functional groups attached to an aromatic ring is 1. The monoisotopic (exact) mass is 268 g/mol. The number of nitrogens with one attached hydrogen (secondary N) is 1. The fraction of sp³-hybridized carbons (Fsp3) is 0.0714. The quantitative estimate of drug-likeness (QED) is 0.883. The molecule has 0 atom stereocenters. The number of hydrogen-bond donors (Lipinski definition) is 2. The van der Waals surface area contributed by atoms with Crippen LogP contribution in [-0.2, 0) is 0 Å². The third kappa shape index (κ3) is 2.84. The topological polar surface area (TPSA) is 101 Å². The maximum atomic E-state index is 12.1. The number of rotatable bonds is 3. The molecular weight excluding hydrogens is 256 g/mol. The van der Waals surface area contributed by atoms with Gasteiger partial charge in [-0.15, -0.1) is 0 Å². The Morgan fingerprint density at radius 1 is 1.40 bits per heavy atom. The molecule has 1 amide bonds. The first kappa shape index (κ1) is 13.4. The Morgan fingerprint density at radius 3 is 2.85 bits per heavy atom. The average molecular weight is 268 g/mol. The first-order chi connectivity index (χ1) is 9.63. The molecule has 0 saturated carbocycles. The van der Waals surface area contributed by atoms with Crippen LogP contribution in [0.5, 0.6) is 5.75 Å². The van der Waals surface area contributed by atoms with Crippen molar-refractivity contribution < 1.29 is 9.53 Å². The lowest BCUT2D eigenvalue weighted by Gasteiger charge is -2.10. The van der Waals surface area contributed by atoms with Crippen molar-refractivity contribution in [2.24, 2.45) is 0 Å². The molecule has 2 rings (SSSR count). The average Bonchev–Trinajstić information content (AvgIpc) is 2.47. The second-order valence-electron chi connectivity index (χ2n) is 3.95.